The van der Waals surface area contributed by atoms with Crippen LogP contribution < -0.4 is 19.7 Å². The van der Waals surface area contributed by atoms with E-state index in [0.29, 0.717) is 45.9 Å². The summed E-state index contributed by atoms with van der Waals surface area (Å²) in [4.78, 5) is 26.6. The van der Waals surface area contributed by atoms with Gasteiger partial charge in [0.05, 0.1) is 12.2 Å². The Morgan fingerprint density at radius 1 is 1.12 bits per heavy atom. The fraction of sp³-hybridized carbons (Fsp3) is 0.154. The number of fused-ring (bicyclic) bond motifs is 1. The van der Waals surface area contributed by atoms with Crippen molar-refractivity contribution in [3.05, 3.63) is 87.9 Å². The monoisotopic (exact) mass is 496 g/mol. The van der Waals surface area contributed by atoms with Gasteiger partial charge in [-0.1, -0.05) is 47.0 Å². The van der Waals surface area contributed by atoms with Gasteiger partial charge in [-0.25, -0.2) is 0 Å². The molecule has 1 aliphatic heterocycles. The molecule has 4 rings (SSSR count). The molecule has 0 radical (unpaired) electrons. The lowest BCUT2D eigenvalue weighted by atomic mass is 10.2. The zero-order valence-electron chi connectivity index (χ0n) is 18.4. The molecule has 0 bridgehead atoms. The molecular weight excluding hydrogens is 475 g/mol. The molecule has 0 atom stereocenters. The summed E-state index contributed by atoms with van der Waals surface area (Å²) in [5, 5.41) is 3.76. The summed E-state index contributed by atoms with van der Waals surface area (Å²) in [7, 11) is 0. The number of nitrogens with zero attached hydrogens (tertiary/aromatic N) is 1. The quantitative estimate of drug-likeness (QED) is 0.422. The number of benzene rings is 3. The number of anilines is 2. The van der Waals surface area contributed by atoms with E-state index in [1.165, 1.54) is 6.08 Å². The van der Waals surface area contributed by atoms with E-state index >= 15 is 0 Å². The third kappa shape index (κ3) is 5.90. The molecule has 0 spiro atoms. The molecule has 1 heterocycles. The van der Waals surface area contributed by atoms with E-state index in [1.54, 1.807) is 47.4 Å². The fourth-order valence-electron chi connectivity index (χ4n) is 3.40. The summed E-state index contributed by atoms with van der Waals surface area (Å²) in [5.74, 6) is 0.778. The smallest absolute Gasteiger partial charge is 0.265 e. The minimum Gasteiger partial charge on any atom is -0.492 e. The fourth-order valence-corrected chi connectivity index (χ4v) is 3.87. The Bertz CT molecular complexity index is 1240. The molecule has 1 N–H and O–H groups in total. The lowest BCUT2D eigenvalue weighted by Gasteiger charge is -2.29. The summed E-state index contributed by atoms with van der Waals surface area (Å²) in [6, 6.07) is 17.9. The van der Waals surface area contributed by atoms with Crippen molar-refractivity contribution in [2.75, 3.05) is 30.0 Å². The number of hydrogen-bond donors (Lipinski definition) is 1. The average Bonchev–Trinajstić information content (AvgIpc) is 2.81. The van der Waals surface area contributed by atoms with Crippen LogP contribution in [0.25, 0.3) is 6.08 Å². The van der Waals surface area contributed by atoms with Crippen LogP contribution in [0.15, 0.2) is 66.7 Å². The molecular formula is C26H22Cl2N2O4. The first-order valence-electron chi connectivity index (χ1n) is 10.6. The van der Waals surface area contributed by atoms with Gasteiger partial charge in [0, 0.05) is 21.8 Å². The number of nitrogens with one attached hydrogen (secondary N) is 1. The zero-order valence-corrected chi connectivity index (χ0v) is 19.9. The standard InChI is InChI=1S/C26H22Cl2N2O4/c1-17-2-8-21(9-3-17)33-13-12-30-23-15-20(7-10-24(23)34-16-26(30)32)29-25(31)11-5-18-4-6-19(27)14-22(18)28/h2-11,14-15H,12-13,16H2,1H3,(H,29,31)/b11-5+. The van der Waals surface area contributed by atoms with Crippen molar-refractivity contribution in [2.24, 2.45) is 0 Å². The minimum absolute atomic E-state index is 0.0478. The van der Waals surface area contributed by atoms with Crippen LogP contribution in [-0.2, 0) is 9.59 Å². The highest BCUT2D eigenvalue weighted by atomic mass is 35.5. The van der Waals surface area contributed by atoms with Crippen LogP contribution in [0.3, 0.4) is 0 Å². The maximum Gasteiger partial charge on any atom is 0.265 e. The summed E-state index contributed by atoms with van der Waals surface area (Å²) in [6.07, 6.45) is 2.98. The van der Waals surface area contributed by atoms with Gasteiger partial charge < -0.3 is 19.7 Å². The molecule has 3 aromatic carbocycles. The number of aryl methyl sites for hydroxylation is 1. The van der Waals surface area contributed by atoms with E-state index < -0.39 is 0 Å². The van der Waals surface area contributed by atoms with Crippen molar-refractivity contribution >= 4 is 52.5 Å². The first-order chi connectivity index (χ1) is 16.4. The normalized spacial score (nSPS) is 12.9. The zero-order chi connectivity index (χ0) is 24.1. The highest BCUT2D eigenvalue weighted by Gasteiger charge is 2.26. The van der Waals surface area contributed by atoms with E-state index in [1.807, 2.05) is 31.2 Å². The second kappa shape index (κ2) is 10.6. The Hall–Kier alpha value is -3.48. The van der Waals surface area contributed by atoms with Gasteiger partial charge in [0.2, 0.25) is 5.91 Å². The van der Waals surface area contributed by atoms with E-state index in [0.717, 1.165) is 11.3 Å². The van der Waals surface area contributed by atoms with Crippen molar-refractivity contribution in [1.82, 2.24) is 0 Å². The summed E-state index contributed by atoms with van der Waals surface area (Å²) < 4.78 is 11.3. The van der Waals surface area contributed by atoms with E-state index in [9.17, 15) is 9.59 Å². The second-order valence-corrected chi connectivity index (χ2v) is 8.51. The molecule has 8 heteroatoms. The van der Waals surface area contributed by atoms with Gasteiger partial charge in [0.15, 0.2) is 6.61 Å². The molecule has 2 amide bonds. The van der Waals surface area contributed by atoms with Gasteiger partial charge >= 0.3 is 0 Å². The first-order valence-corrected chi connectivity index (χ1v) is 11.4. The Labute approximate surface area is 207 Å². The highest BCUT2D eigenvalue weighted by Crippen LogP contribution is 2.34. The highest BCUT2D eigenvalue weighted by molar-refractivity contribution is 6.35. The van der Waals surface area contributed by atoms with Gasteiger partial charge in [-0.05, 0) is 61.0 Å². The van der Waals surface area contributed by atoms with Crippen molar-refractivity contribution in [3.8, 4) is 11.5 Å². The van der Waals surface area contributed by atoms with Crippen molar-refractivity contribution in [2.45, 2.75) is 6.92 Å². The number of carbonyl (C=O) groups is 2. The third-order valence-electron chi connectivity index (χ3n) is 5.15. The molecule has 0 fully saturated rings. The molecule has 6 nitrogen and oxygen atoms in total. The number of halogens is 2. The first kappa shape index (κ1) is 23.7. The number of carbonyl (C=O) groups excluding carboxylic acids is 2. The molecule has 0 aliphatic carbocycles. The molecule has 34 heavy (non-hydrogen) atoms. The summed E-state index contributed by atoms with van der Waals surface area (Å²) in [5.41, 5.74) is 2.92. The van der Waals surface area contributed by atoms with Gasteiger partial charge in [0.1, 0.15) is 18.1 Å². The van der Waals surface area contributed by atoms with E-state index in [-0.39, 0.29) is 18.4 Å². The lowest BCUT2D eigenvalue weighted by Crippen LogP contribution is -2.41. The lowest BCUT2D eigenvalue weighted by molar-refractivity contribution is -0.121. The van der Waals surface area contributed by atoms with Crippen molar-refractivity contribution in [3.63, 3.8) is 0 Å². The Morgan fingerprint density at radius 3 is 2.68 bits per heavy atom. The van der Waals surface area contributed by atoms with Crippen LogP contribution in [-0.4, -0.2) is 31.6 Å². The maximum absolute atomic E-state index is 12.5. The molecule has 0 aromatic heterocycles. The predicted octanol–water partition coefficient (Wildman–Crippen LogP) is 5.76. The SMILES string of the molecule is Cc1ccc(OCCN2C(=O)COc3ccc(NC(=O)/C=C/c4ccc(Cl)cc4Cl)cc32)cc1. The van der Waals surface area contributed by atoms with Crippen LogP contribution in [0.5, 0.6) is 11.5 Å². The topological polar surface area (TPSA) is 67.9 Å². The van der Waals surface area contributed by atoms with Crippen molar-refractivity contribution < 1.29 is 19.1 Å². The minimum atomic E-state index is -0.344. The molecule has 174 valence electrons. The number of amides is 2. The van der Waals surface area contributed by atoms with Gasteiger partial charge in [0.25, 0.3) is 5.91 Å². The van der Waals surface area contributed by atoms with Crippen LogP contribution in [0.1, 0.15) is 11.1 Å². The Morgan fingerprint density at radius 2 is 1.91 bits per heavy atom. The molecule has 0 saturated carbocycles. The average molecular weight is 497 g/mol. The molecule has 1 aliphatic rings. The van der Waals surface area contributed by atoms with Crippen molar-refractivity contribution in [1.29, 1.82) is 0 Å². The summed E-state index contributed by atoms with van der Waals surface area (Å²) in [6.45, 7) is 2.62. The van der Waals surface area contributed by atoms with E-state index in [4.69, 9.17) is 32.7 Å². The van der Waals surface area contributed by atoms with Gasteiger partial charge in [-0.2, -0.15) is 0 Å². The molecule has 0 unspecified atom stereocenters. The largest absolute Gasteiger partial charge is 0.492 e. The molecule has 0 saturated heterocycles. The van der Waals surface area contributed by atoms with Crippen LogP contribution in [0, 0.1) is 6.92 Å². The second-order valence-electron chi connectivity index (χ2n) is 7.67. The van der Waals surface area contributed by atoms with Crippen LogP contribution in [0.4, 0.5) is 11.4 Å². The van der Waals surface area contributed by atoms with Gasteiger partial charge in [-0.15, -0.1) is 0 Å². The predicted molar refractivity (Wildman–Crippen MR) is 135 cm³/mol. The van der Waals surface area contributed by atoms with Crippen LogP contribution >= 0.6 is 23.2 Å². The molecule has 3 aromatic rings. The third-order valence-corrected chi connectivity index (χ3v) is 5.71. The number of ether oxygens (including phenoxy) is 2. The number of rotatable bonds is 7. The van der Waals surface area contributed by atoms with Gasteiger partial charge in [-0.3, -0.25) is 9.59 Å². The van der Waals surface area contributed by atoms with E-state index in [2.05, 4.69) is 5.32 Å². The summed E-state index contributed by atoms with van der Waals surface area (Å²) >= 11 is 12.0. The number of hydrogen-bond acceptors (Lipinski definition) is 4. The van der Waals surface area contributed by atoms with Crippen LogP contribution in [0.2, 0.25) is 10.0 Å². The Balaban J connectivity index is 1.43. The maximum atomic E-state index is 12.5. The Kier molecular flexibility index (Phi) is 7.40.